The average molecular weight is 556 g/mol. The van der Waals surface area contributed by atoms with E-state index in [1.165, 1.54) is 18.3 Å². The van der Waals surface area contributed by atoms with E-state index in [1.54, 1.807) is 48.1 Å². The van der Waals surface area contributed by atoms with E-state index in [4.69, 9.17) is 9.72 Å². The second-order valence-corrected chi connectivity index (χ2v) is 12.5. The van der Waals surface area contributed by atoms with Gasteiger partial charge in [0.25, 0.3) is 15.9 Å². The Labute approximate surface area is 230 Å². The zero-order valence-corrected chi connectivity index (χ0v) is 24.4. The van der Waals surface area contributed by atoms with E-state index in [1.807, 2.05) is 13.8 Å². The molecule has 3 aromatic rings. The van der Waals surface area contributed by atoms with Crippen LogP contribution >= 0.6 is 0 Å². The number of nitrogens with one attached hydrogen (secondary N) is 1. The number of carbonyl (C=O) groups excluding carboxylic acids is 1. The molecule has 0 saturated carbocycles. The molecule has 1 fully saturated rings. The van der Waals surface area contributed by atoms with Crippen LogP contribution in [0.4, 0.5) is 11.6 Å². The highest BCUT2D eigenvalue weighted by Crippen LogP contribution is 2.38. The minimum Gasteiger partial charge on any atom is -0.474 e. The summed E-state index contributed by atoms with van der Waals surface area (Å²) in [6.07, 6.45) is 5.01. The summed E-state index contributed by atoms with van der Waals surface area (Å²) in [4.78, 5) is 26.1. The van der Waals surface area contributed by atoms with Crippen LogP contribution in [-0.2, 0) is 10.0 Å². The Morgan fingerprint density at radius 3 is 2.64 bits per heavy atom. The smallest absolute Gasteiger partial charge is 0.268 e. The largest absolute Gasteiger partial charge is 0.474 e. The molecule has 4 heterocycles. The van der Waals surface area contributed by atoms with Crippen molar-refractivity contribution in [1.82, 2.24) is 24.5 Å². The van der Waals surface area contributed by atoms with E-state index in [0.717, 1.165) is 12.8 Å². The number of ether oxygens (including phenoxy) is 1. The van der Waals surface area contributed by atoms with Gasteiger partial charge in [-0.05, 0) is 63.8 Å². The molecule has 39 heavy (non-hydrogen) atoms. The van der Waals surface area contributed by atoms with Gasteiger partial charge in [-0.15, -0.1) is 5.10 Å². The maximum absolute atomic E-state index is 13.6. The first kappa shape index (κ1) is 28.3. The molecule has 0 bridgehead atoms. The second-order valence-electron chi connectivity index (χ2n) is 10.9. The zero-order valence-electron chi connectivity index (χ0n) is 23.5. The summed E-state index contributed by atoms with van der Waals surface area (Å²) in [6, 6.07) is 7.94. The van der Waals surface area contributed by atoms with Crippen molar-refractivity contribution in [2.24, 2.45) is 5.92 Å². The maximum Gasteiger partial charge on any atom is 0.268 e. The first-order chi connectivity index (χ1) is 18.3. The third kappa shape index (κ3) is 6.00. The molecule has 0 aliphatic carbocycles. The molecular weight excluding hydrogens is 518 g/mol. The molecule has 0 aromatic carbocycles. The molecule has 0 spiro atoms. The van der Waals surface area contributed by atoms with Gasteiger partial charge in [0.2, 0.25) is 5.88 Å². The van der Waals surface area contributed by atoms with Gasteiger partial charge in [-0.1, -0.05) is 13.8 Å². The van der Waals surface area contributed by atoms with E-state index in [2.05, 4.69) is 40.5 Å². The van der Waals surface area contributed by atoms with Crippen LogP contribution in [0.25, 0.3) is 5.82 Å². The first-order valence-corrected chi connectivity index (χ1v) is 14.5. The van der Waals surface area contributed by atoms with Gasteiger partial charge in [0.15, 0.2) is 5.82 Å². The van der Waals surface area contributed by atoms with E-state index >= 15 is 0 Å². The molecule has 1 N–H and O–H groups in total. The molecule has 1 saturated heterocycles. The topological polar surface area (TPSA) is 123 Å². The van der Waals surface area contributed by atoms with Crippen LogP contribution in [-0.4, -0.2) is 66.4 Å². The quantitative estimate of drug-likeness (QED) is 0.421. The molecule has 2 atom stereocenters. The molecule has 3 aromatic heterocycles. The zero-order chi connectivity index (χ0) is 28.5. The standard InChI is InChI=1S/C27H37N7O4S/c1-8-19(3)38-23-13-15-34(30-23)22-12-11-20(24(29-22)33-17-18(2)16-27(33,4)5)26(35)31-39(36,37)21-10-9-14-28-25(21)32(6)7/h9-15,18-19H,8,16-17H2,1-7H3,(H,31,35)/t18-,19?/m0/s1. The van der Waals surface area contributed by atoms with Crippen molar-refractivity contribution >= 4 is 27.6 Å². The monoisotopic (exact) mass is 555 g/mol. The predicted octanol–water partition coefficient (Wildman–Crippen LogP) is 3.65. The summed E-state index contributed by atoms with van der Waals surface area (Å²) in [6.45, 7) is 11.0. The fourth-order valence-electron chi connectivity index (χ4n) is 4.86. The van der Waals surface area contributed by atoms with Crippen molar-refractivity contribution in [3.05, 3.63) is 48.3 Å². The van der Waals surface area contributed by atoms with Gasteiger partial charge in [-0.3, -0.25) is 4.79 Å². The van der Waals surface area contributed by atoms with Crippen LogP contribution in [0.1, 0.15) is 57.8 Å². The van der Waals surface area contributed by atoms with Crippen LogP contribution in [0.5, 0.6) is 5.88 Å². The Bertz CT molecular complexity index is 1450. The number of aromatic nitrogens is 4. The molecule has 12 heteroatoms. The van der Waals surface area contributed by atoms with E-state index in [9.17, 15) is 13.2 Å². The molecule has 1 aliphatic rings. The number of hydrogen-bond acceptors (Lipinski definition) is 9. The molecule has 1 amide bonds. The Balaban J connectivity index is 1.74. The summed E-state index contributed by atoms with van der Waals surface area (Å²) < 4.78 is 36.2. The highest BCUT2D eigenvalue weighted by atomic mass is 32.2. The lowest BCUT2D eigenvalue weighted by Crippen LogP contribution is -2.41. The average Bonchev–Trinajstić information content (AvgIpc) is 3.45. The maximum atomic E-state index is 13.6. The van der Waals surface area contributed by atoms with Gasteiger partial charge in [0.1, 0.15) is 16.5 Å². The molecule has 1 aliphatic heterocycles. The van der Waals surface area contributed by atoms with Crippen molar-refractivity contribution in [1.29, 1.82) is 0 Å². The number of hydrogen-bond donors (Lipinski definition) is 1. The molecule has 210 valence electrons. The lowest BCUT2D eigenvalue weighted by atomic mass is 9.97. The van der Waals surface area contributed by atoms with Gasteiger partial charge in [-0.25, -0.2) is 27.8 Å². The number of carbonyl (C=O) groups is 1. The van der Waals surface area contributed by atoms with Gasteiger partial charge >= 0.3 is 0 Å². The van der Waals surface area contributed by atoms with Crippen molar-refractivity contribution in [2.45, 2.75) is 64.0 Å². The molecule has 0 radical (unpaired) electrons. The summed E-state index contributed by atoms with van der Waals surface area (Å²) in [7, 11) is -0.841. The summed E-state index contributed by atoms with van der Waals surface area (Å²) in [5, 5.41) is 4.49. The van der Waals surface area contributed by atoms with Gasteiger partial charge in [0.05, 0.1) is 11.7 Å². The number of pyridine rings is 2. The van der Waals surface area contributed by atoms with Gasteiger partial charge in [-0.2, -0.15) is 0 Å². The number of amides is 1. The SMILES string of the molecule is CCC(C)Oc1ccn(-c2ccc(C(=O)NS(=O)(=O)c3cccnc3N(C)C)c(N3C[C@@H](C)CC3(C)C)n2)n1. The second kappa shape index (κ2) is 10.8. The van der Waals surface area contributed by atoms with Gasteiger partial charge in [0, 0.05) is 44.6 Å². The van der Waals surface area contributed by atoms with Crippen molar-refractivity contribution in [2.75, 3.05) is 30.4 Å². The highest BCUT2D eigenvalue weighted by molar-refractivity contribution is 7.90. The fourth-order valence-corrected chi connectivity index (χ4v) is 6.05. The summed E-state index contributed by atoms with van der Waals surface area (Å²) in [5.41, 5.74) is -0.141. The fraction of sp³-hybridized carbons (Fsp3) is 0.481. The third-order valence-corrected chi connectivity index (χ3v) is 8.17. The Hall–Kier alpha value is -3.67. The molecule has 1 unspecified atom stereocenters. The van der Waals surface area contributed by atoms with Crippen molar-refractivity contribution < 1.29 is 17.9 Å². The van der Waals surface area contributed by atoms with Crippen LogP contribution in [0.15, 0.2) is 47.6 Å². The summed E-state index contributed by atoms with van der Waals surface area (Å²) in [5.74, 6) is 1.19. The van der Waals surface area contributed by atoms with E-state index < -0.39 is 15.9 Å². The van der Waals surface area contributed by atoms with Crippen molar-refractivity contribution in [3.63, 3.8) is 0 Å². The lowest BCUT2D eigenvalue weighted by molar-refractivity contribution is 0.0981. The van der Waals surface area contributed by atoms with Crippen molar-refractivity contribution in [3.8, 4) is 11.7 Å². The lowest BCUT2D eigenvalue weighted by Gasteiger charge is -2.34. The van der Waals surface area contributed by atoms with E-state index in [0.29, 0.717) is 30.0 Å². The number of rotatable bonds is 9. The van der Waals surface area contributed by atoms with Crippen LogP contribution in [0.3, 0.4) is 0 Å². The third-order valence-electron chi connectivity index (χ3n) is 6.82. The number of anilines is 2. The normalized spacial score (nSPS) is 17.6. The van der Waals surface area contributed by atoms with Crippen LogP contribution < -0.4 is 19.3 Å². The highest BCUT2D eigenvalue weighted by Gasteiger charge is 2.39. The van der Waals surface area contributed by atoms with Gasteiger partial charge < -0.3 is 14.5 Å². The molecular formula is C27H37N7O4S. The predicted molar refractivity (Wildman–Crippen MR) is 150 cm³/mol. The van der Waals surface area contributed by atoms with Crippen LogP contribution in [0.2, 0.25) is 0 Å². The Kier molecular flexibility index (Phi) is 7.87. The minimum absolute atomic E-state index is 0.0182. The number of nitrogens with zero attached hydrogens (tertiary/aromatic N) is 6. The summed E-state index contributed by atoms with van der Waals surface area (Å²) >= 11 is 0. The molecule has 4 rings (SSSR count). The van der Waals surface area contributed by atoms with Crippen LogP contribution in [0, 0.1) is 5.92 Å². The molecule has 11 nitrogen and oxygen atoms in total. The number of sulfonamides is 1. The first-order valence-electron chi connectivity index (χ1n) is 13.0. The Morgan fingerprint density at radius 1 is 1.26 bits per heavy atom. The minimum atomic E-state index is -4.22. The van der Waals surface area contributed by atoms with E-state index in [-0.39, 0.29) is 27.9 Å². The Morgan fingerprint density at radius 2 is 2.00 bits per heavy atom.